The predicted octanol–water partition coefficient (Wildman–Crippen LogP) is 2.92. The van der Waals surface area contributed by atoms with Crippen molar-refractivity contribution in [1.29, 1.82) is 0 Å². The number of hydrogen-bond acceptors (Lipinski definition) is 5. The summed E-state index contributed by atoms with van der Waals surface area (Å²) in [5.74, 6) is -2.60. The van der Waals surface area contributed by atoms with Crippen LogP contribution < -0.4 is 9.64 Å². The minimum Gasteiger partial charge on any atom is -0.507 e. The Morgan fingerprint density at radius 2 is 1.81 bits per heavy atom. The monoisotopic (exact) mass is 369 g/mol. The molecule has 1 saturated heterocycles. The van der Waals surface area contributed by atoms with E-state index in [-0.39, 0.29) is 23.8 Å². The number of hydrogen-bond donors (Lipinski definition) is 2. The number of carboxylic acids is 1. The minimum atomic E-state index is -1.34. The number of benzene rings is 2. The van der Waals surface area contributed by atoms with Crippen molar-refractivity contribution in [1.82, 2.24) is 0 Å². The third-order valence-electron chi connectivity index (χ3n) is 4.27. The van der Waals surface area contributed by atoms with Crippen LogP contribution in [0.3, 0.4) is 0 Å². The number of aromatic carboxylic acids is 1. The van der Waals surface area contributed by atoms with Crippen LogP contribution in [0.25, 0.3) is 0 Å². The van der Waals surface area contributed by atoms with Crippen LogP contribution in [0, 0.1) is 0 Å². The van der Waals surface area contributed by atoms with Crippen LogP contribution in [0.4, 0.5) is 5.69 Å². The number of imide groups is 1. The molecule has 27 heavy (non-hydrogen) atoms. The number of ether oxygens (including phenoxy) is 1. The molecule has 0 bridgehead atoms. The highest BCUT2D eigenvalue weighted by atomic mass is 16.5. The summed E-state index contributed by atoms with van der Waals surface area (Å²) in [5.41, 5.74) is 0.443. The molecule has 0 saturated carbocycles. The number of amides is 2. The van der Waals surface area contributed by atoms with Crippen LogP contribution >= 0.6 is 0 Å². The second-order valence-corrected chi connectivity index (χ2v) is 6.57. The van der Waals surface area contributed by atoms with Crippen molar-refractivity contribution >= 4 is 23.5 Å². The molecule has 0 spiro atoms. The molecule has 3 rings (SSSR count). The van der Waals surface area contributed by atoms with E-state index in [0.717, 1.165) is 17.0 Å². The van der Waals surface area contributed by atoms with Gasteiger partial charge < -0.3 is 14.9 Å². The van der Waals surface area contributed by atoms with E-state index in [9.17, 15) is 19.5 Å². The number of anilines is 1. The van der Waals surface area contributed by atoms with Crippen molar-refractivity contribution in [3.63, 3.8) is 0 Å². The molecule has 1 fully saturated rings. The smallest absolute Gasteiger partial charge is 0.339 e. The first kappa shape index (κ1) is 18.4. The minimum absolute atomic E-state index is 0.00744. The van der Waals surface area contributed by atoms with E-state index in [1.165, 1.54) is 6.07 Å². The Bertz CT molecular complexity index is 903. The number of phenols is 1. The van der Waals surface area contributed by atoms with E-state index < -0.39 is 29.5 Å². The molecule has 7 heteroatoms. The number of nitrogens with zero attached hydrogens (tertiary/aromatic N) is 1. The Labute approximate surface area is 155 Å². The average molecular weight is 369 g/mol. The third-order valence-corrected chi connectivity index (χ3v) is 4.27. The van der Waals surface area contributed by atoms with Gasteiger partial charge >= 0.3 is 5.97 Å². The van der Waals surface area contributed by atoms with E-state index in [2.05, 4.69) is 0 Å². The lowest BCUT2D eigenvalue weighted by molar-refractivity contribution is -0.121. The number of aromatic hydroxyl groups is 1. The van der Waals surface area contributed by atoms with Crippen molar-refractivity contribution < 1.29 is 29.3 Å². The highest BCUT2D eigenvalue weighted by Crippen LogP contribution is 2.35. The molecule has 2 amide bonds. The molecule has 2 aromatic rings. The Hall–Kier alpha value is -3.35. The van der Waals surface area contributed by atoms with Crippen LogP contribution in [0.1, 0.15) is 42.1 Å². The number of carbonyl (C=O) groups excluding carboxylic acids is 2. The van der Waals surface area contributed by atoms with Gasteiger partial charge in [0, 0.05) is 6.42 Å². The maximum atomic E-state index is 12.8. The zero-order valence-electron chi connectivity index (χ0n) is 14.9. The van der Waals surface area contributed by atoms with Crippen LogP contribution in [0.5, 0.6) is 11.5 Å². The highest BCUT2D eigenvalue weighted by Gasteiger charge is 2.40. The summed E-state index contributed by atoms with van der Waals surface area (Å²) in [6, 6.07) is 10.6. The Morgan fingerprint density at radius 3 is 2.41 bits per heavy atom. The fourth-order valence-electron chi connectivity index (χ4n) is 3.05. The summed E-state index contributed by atoms with van der Waals surface area (Å²) >= 11 is 0. The van der Waals surface area contributed by atoms with E-state index in [1.54, 1.807) is 24.3 Å². The molecule has 1 aliphatic rings. The maximum Gasteiger partial charge on any atom is 0.339 e. The van der Waals surface area contributed by atoms with Crippen LogP contribution in [-0.2, 0) is 9.59 Å². The lowest BCUT2D eigenvalue weighted by Gasteiger charge is -2.16. The normalized spacial score (nSPS) is 16.9. The Kier molecular flexibility index (Phi) is 4.85. The van der Waals surface area contributed by atoms with E-state index in [1.807, 2.05) is 13.8 Å². The first-order valence-corrected chi connectivity index (χ1v) is 8.47. The van der Waals surface area contributed by atoms with E-state index in [4.69, 9.17) is 9.84 Å². The van der Waals surface area contributed by atoms with Crippen molar-refractivity contribution in [3.05, 3.63) is 53.6 Å². The fourth-order valence-corrected chi connectivity index (χ4v) is 3.05. The van der Waals surface area contributed by atoms with Gasteiger partial charge in [-0.25, -0.2) is 9.69 Å². The van der Waals surface area contributed by atoms with Gasteiger partial charge in [-0.15, -0.1) is 0 Å². The van der Waals surface area contributed by atoms with Crippen LogP contribution in [0.15, 0.2) is 42.5 Å². The standard InChI is InChI=1S/C20H19NO6/c1-11(2)27-14-6-3-12(4-7-14)15-10-18(23)21(19(15)24)13-5-8-17(22)16(9-13)20(25)26/h3-9,11,15,22H,10H2,1-2H3,(H,25,26)/t15-/m0/s1. The molecule has 0 radical (unpaired) electrons. The van der Waals surface area contributed by atoms with Gasteiger partial charge in [0.05, 0.1) is 17.7 Å². The highest BCUT2D eigenvalue weighted by molar-refractivity contribution is 6.23. The molecule has 2 N–H and O–H groups in total. The van der Waals surface area contributed by atoms with E-state index >= 15 is 0 Å². The lowest BCUT2D eigenvalue weighted by atomic mass is 9.97. The first-order valence-electron chi connectivity index (χ1n) is 8.47. The zero-order chi connectivity index (χ0) is 19.7. The zero-order valence-corrected chi connectivity index (χ0v) is 14.9. The molecular weight excluding hydrogens is 350 g/mol. The first-order chi connectivity index (χ1) is 12.8. The molecule has 0 aromatic heterocycles. The van der Waals surface area contributed by atoms with Gasteiger partial charge in [0.2, 0.25) is 11.8 Å². The summed E-state index contributed by atoms with van der Waals surface area (Å²) in [6.45, 7) is 3.82. The van der Waals surface area contributed by atoms with Gasteiger partial charge in [-0.1, -0.05) is 12.1 Å². The summed E-state index contributed by atoms with van der Waals surface area (Å²) in [5, 5.41) is 18.7. The molecule has 7 nitrogen and oxygen atoms in total. The second kappa shape index (κ2) is 7.11. The molecule has 1 heterocycles. The second-order valence-electron chi connectivity index (χ2n) is 6.57. The van der Waals surface area contributed by atoms with Gasteiger partial charge in [0.25, 0.3) is 0 Å². The van der Waals surface area contributed by atoms with Gasteiger partial charge in [-0.2, -0.15) is 0 Å². The molecule has 140 valence electrons. The Balaban J connectivity index is 1.87. The van der Waals surface area contributed by atoms with Gasteiger partial charge in [-0.3, -0.25) is 9.59 Å². The fraction of sp³-hybridized carbons (Fsp3) is 0.250. The van der Waals surface area contributed by atoms with Crippen molar-refractivity contribution in [3.8, 4) is 11.5 Å². The quantitative estimate of drug-likeness (QED) is 0.786. The summed E-state index contributed by atoms with van der Waals surface area (Å²) in [6.07, 6.45) is 0.0194. The SMILES string of the molecule is CC(C)Oc1ccc([C@@H]2CC(=O)N(c3ccc(O)c(C(=O)O)c3)C2=O)cc1. The maximum absolute atomic E-state index is 12.8. The van der Waals surface area contributed by atoms with Crippen LogP contribution in [0.2, 0.25) is 0 Å². The molecular formula is C20H19NO6. The molecule has 1 aliphatic heterocycles. The molecule has 0 aliphatic carbocycles. The molecule has 2 aromatic carbocycles. The number of carboxylic acid groups (broad SMARTS) is 1. The van der Waals surface area contributed by atoms with Gasteiger partial charge in [0.15, 0.2) is 0 Å². The average Bonchev–Trinajstić information content (AvgIpc) is 2.90. The number of carbonyl (C=O) groups is 3. The lowest BCUT2D eigenvalue weighted by Crippen LogP contribution is -2.30. The van der Waals surface area contributed by atoms with Crippen LogP contribution in [-0.4, -0.2) is 34.1 Å². The molecule has 1 atom stereocenters. The van der Waals surface area contributed by atoms with Crippen molar-refractivity contribution in [2.24, 2.45) is 0 Å². The summed E-state index contributed by atoms with van der Waals surface area (Å²) < 4.78 is 5.58. The predicted molar refractivity (Wildman–Crippen MR) is 97.1 cm³/mol. The third kappa shape index (κ3) is 3.62. The van der Waals surface area contributed by atoms with Crippen molar-refractivity contribution in [2.75, 3.05) is 4.90 Å². The van der Waals surface area contributed by atoms with Gasteiger partial charge in [0.1, 0.15) is 17.1 Å². The summed E-state index contributed by atoms with van der Waals surface area (Å²) in [7, 11) is 0. The van der Waals surface area contributed by atoms with E-state index in [0.29, 0.717) is 11.3 Å². The largest absolute Gasteiger partial charge is 0.507 e. The topological polar surface area (TPSA) is 104 Å². The summed E-state index contributed by atoms with van der Waals surface area (Å²) in [4.78, 5) is 37.4. The number of rotatable bonds is 5. The molecule has 0 unspecified atom stereocenters. The van der Waals surface area contributed by atoms with Gasteiger partial charge in [-0.05, 0) is 49.7 Å². The van der Waals surface area contributed by atoms with Crippen molar-refractivity contribution in [2.45, 2.75) is 32.3 Å². The Morgan fingerprint density at radius 1 is 1.15 bits per heavy atom.